The average Bonchev–Trinajstić information content (AvgIpc) is 2.84. The minimum atomic E-state index is -0.606. The molecule has 2 aromatic heterocycles. The van der Waals surface area contributed by atoms with Gasteiger partial charge in [-0.05, 0) is 0 Å². The van der Waals surface area contributed by atoms with Crippen molar-refractivity contribution in [2.75, 3.05) is 14.2 Å². The predicted octanol–water partition coefficient (Wildman–Crippen LogP) is -0.401. The molecule has 0 N–H and O–H groups in total. The molecule has 2 rings (SSSR count). The first kappa shape index (κ1) is 13.0. The van der Waals surface area contributed by atoms with Crippen molar-refractivity contribution in [1.82, 2.24) is 24.6 Å². The van der Waals surface area contributed by atoms with E-state index in [2.05, 4.69) is 10.2 Å². The molecule has 0 aliphatic heterocycles. The maximum absolute atomic E-state index is 11.9. The van der Waals surface area contributed by atoms with Crippen molar-refractivity contribution in [2.24, 2.45) is 7.05 Å². The van der Waals surface area contributed by atoms with Crippen LogP contribution in [-0.2, 0) is 11.9 Å². The molecule has 0 aromatic carbocycles. The Labute approximate surface area is 108 Å². The second-order valence-corrected chi connectivity index (χ2v) is 3.83. The number of carbonyl (C=O) groups excluding carboxylic acids is 1. The van der Waals surface area contributed by atoms with Crippen LogP contribution in [0.3, 0.4) is 0 Å². The Kier molecular flexibility index (Phi) is 3.43. The minimum absolute atomic E-state index is 0.212. The number of hydrogen-bond acceptors (Lipinski definition) is 5. The van der Waals surface area contributed by atoms with Gasteiger partial charge >= 0.3 is 5.91 Å². The second-order valence-electron chi connectivity index (χ2n) is 3.83. The highest BCUT2D eigenvalue weighted by Crippen LogP contribution is 2.03. The fraction of sp³-hybridized carbons (Fsp3) is 0.273. The summed E-state index contributed by atoms with van der Waals surface area (Å²) >= 11 is 0. The van der Waals surface area contributed by atoms with Gasteiger partial charge in [0.1, 0.15) is 5.69 Å². The van der Waals surface area contributed by atoms with E-state index >= 15 is 0 Å². The molecule has 0 bridgehead atoms. The summed E-state index contributed by atoms with van der Waals surface area (Å²) in [6, 6.07) is 1.27. The lowest BCUT2D eigenvalue weighted by Crippen LogP contribution is -2.32. The van der Waals surface area contributed by atoms with Crippen molar-refractivity contribution < 1.29 is 9.63 Å². The van der Waals surface area contributed by atoms with Gasteiger partial charge in [0.05, 0.1) is 19.5 Å². The topological polar surface area (TPSA) is 82.2 Å². The van der Waals surface area contributed by atoms with E-state index in [0.717, 1.165) is 5.06 Å². The van der Waals surface area contributed by atoms with Gasteiger partial charge in [-0.3, -0.25) is 19.1 Å². The normalized spacial score (nSPS) is 10.5. The summed E-state index contributed by atoms with van der Waals surface area (Å²) < 4.78 is 3.00. The Morgan fingerprint density at radius 1 is 1.47 bits per heavy atom. The van der Waals surface area contributed by atoms with Gasteiger partial charge in [0, 0.05) is 26.4 Å². The van der Waals surface area contributed by atoms with Crippen molar-refractivity contribution in [3.8, 4) is 5.69 Å². The molecular formula is C11H13N5O3. The number of aromatic nitrogens is 4. The van der Waals surface area contributed by atoms with Crippen LogP contribution in [-0.4, -0.2) is 44.7 Å². The largest absolute Gasteiger partial charge is 0.301 e. The van der Waals surface area contributed by atoms with Gasteiger partial charge in [-0.1, -0.05) is 0 Å². The molecule has 0 aliphatic rings. The Hall–Kier alpha value is -2.48. The van der Waals surface area contributed by atoms with Gasteiger partial charge < -0.3 is 0 Å². The molecule has 19 heavy (non-hydrogen) atoms. The van der Waals surface area contributed by atoms with Gasteiger partial charge in [0.25, 0.3) is 0 Å². The molecule has 0 spiro atoms. The van der Waals surface area contributed by atoms with Crippen LogP contribution in [0.5, 0.6) is 0 Å². The molecule has 0 fully saturated rings. The van der Waals surface area contributed by atoms with Crippen LogP contribution in [0.2, 0.25) is 0 Å². The molecule has 0 radical (unpaired) electrons. The van der Waals surface area contributed by atoms with Crippen LogP contribution in [0, 0.1) is 0 Å². The smallest absolute Gasteiger partial charge is 0.287 e. The van der Waals surface area contributed by atoms with E-state index < -0.39 is 11.3 Å². The Bertz CT molecular complexity index is 660. The molecule has 1 amide bonds. The predicted molar refractivity (Wildman–Crippen MR) is 65.7 cm³/mol. The first-order valence-corrected chi connectivity index (χ1v) is 5.44. The lowest BCUT2D eigenvalue weighted by atomic mass is 10.3. The minimum Gasteiger partial charge on any atom is -0.287 e. The van der Waals surface area contributed by atoms with Gasteiger partial charge in [-0.2, -0.15) is 10.2 Å². The van der Waals surface area contributed by atoms with E-state index in [-0.39, 0.29) is 5.69 Å². The lowest BCUT2D eigenvalue weighted by Gasteiger charge is -2.12. The molecule has 2 aromatic rings. The Morgan fingerprint density at radius 2 is 2.21 bits per heavy atom. The zero-order valence-corrected chi connectivity index (χ0v) is 10.8. The fourth-order valence-electron chi connectivity index (χ4n) is 1.46. The van der Waals surface area contributed by atoms with E-state index in [0.29, 0.717) is 5.69 Å². The zero-order valence-electron chi connectivity index (χ0n) is 10.8. The van der Waals surface area contributed by atoms with E-state index in [1.165, 1.54) is 31.1 Å². The summed E-state index contributed by atoms with van der Waals surface area (Å²) in [6.07, 6.45) is 4.76. The highest BCUT2D eigenvalue weighted by atomic mass is 16.7. The van der Waals surface area contributed by atoms with Crippen molar-refractivity contribution >= 4 is 5.91 Å². The molecule has 2 heterocycles. The zero-order chi connectivity index (χ0) is 14.0. The molecule has 0 unspecified atom stereocenters. The fourth-order valence-corrected chi connectivity index (χ4v) is 1.46. The SMILES string of the molecule is CON(C)C(=O)c1nn(-c2cnn(C)c2)ccc1=O. The van der Waals surface area contributed by atoms with Crippen molar-refractivity contribution in [3.63, 3.8) is 0 Å². The van der Waals surface area contributed by atoms with Crippen LogP contribution in [0.4, 0.5) is 0 Å². The lowest BCUT2D eigenvalue weighted by molar-refractivity contribution is -0.0762. The standard InChI is InChI=1S/C11H13N5O3/c1-14-7-8(6-12-14)16-5-4-9(17)10(13-16)11(18)15(2)19-3/h4-7H,1-3H3. The number of carbonyl (C=O) groups is 1. The molecule has 0 aliphatic carbocycles. The summed E-state index contributed by atoms with van der Waals surface area (Å²) in [6.45, 7) is 0. The third-order valence-corrected chi connectivity index (χ3v) is 2.53. The maximum Gasteiger partial charge on any atom is 0.301 e. The van der Waals surface area contributed by atoms with Crippen LogP contribution < -0.4 is 5.43 Å². The van der Waals surface area contributed by atoms with Crippen molar-refractivity contribution in [1.29, 1.82) is 0 Å². The number of rotatable bonds is 3. The van der Waals surface area contributed by atoms with Gasteiger partial charge in [0.2, 0.25) is 5.43 Å². The van der Waals surface area contributed by atoms with Crippen LogP contribution >= 0.6 is 0 Å². The van der Waals surface area contributed by atoms with Crippen molar-refractivity contribution in [3.05, 3.63) is 40.6 Å². The quantitative estimate of drug-likeness (QED) is 0.704. The third kappa shape index (κ3) is 2.52. The van der Waals surface area contributed by atoms with Crippen LogP contribution in [0.1, 0.15) is 10.5 Å². The first-order valence-electron chi connectivity index (χ1n) is 5.44. The van der Waals surface area contributed by atoms with Gasteiger partial charge in [-0.25, -0.2) is 9.75 Å². The number of aryl methyl sites for hydroxylation is 1. The van der Waals surface area contributed by atoms with Gasteiger partial charge in [0.15, 0.2) is 5.69 Å². The summed E-state index contributed by atoms with van der Waals surface area (Å²) in [5.74, 6) is -0.606. The number of hydroxylamine groups is 2. The average molecular weight is 263 g/mol. The molecule has 0 saturated carbocycles. The third-order valence-electron chi connectivity index (χ3n) is 2.53. The highest BCUT2D eigenvalue weighted by Gasteiger charge is 2.18. The number of hydrogen-bond donors (Lipinski definition) is 0. The van der Waals surface area contributed by atoms with E-state index in [4.69, 9.17) is 4.84 Å². The molecule has 0 atom stereocenters. The summed E-state index contributed by atoms with van der Waals surface area (Å²) in [4.78, 5) is 28.3. The maximum atomic E-state index is 11.9. The van der Waals surface area contributed by atoms with Crippen LogP contribution in [0.15, 0.2) is 29.5 Å². The summed E-state index contributed by atoms with van der Waals surface area (Å²) in [5.41, 5.74) is -0.0265. The first-order chi connectivity index (χ1) is 9.02. The van der Waals surface area contributed by atoms with Crippen LogP contribution in [0.25, 0.3) is 5.69 Å². The van der Waals surface area contributed by atoms with E-state index in [9.17, 15) is 9.59 Å². The molecule has 100 valence electrons. The summed E-state index contributed by atoms with van der Waals surface area (Å²) in [7, 11) is 4.50. The highest BCUT2D eigenvalue weighted by molar-refractivity contribution is 5.91. The molecule has 8 nitrogen and oxygen atoms in total. The molecular weight excluding hydrogens is 250 g/mol. The molecule has 0 saturated heterocycles. The number of amides is 1. The second kappa shape index (κ2) is 5.02. The number of nitrogens with zero attached hydrogens (tertiary/aromatic N) is 5. The Balaban J connectivity index is 2.46. The van der Waals surface area contributed by atoms with E-state index in [1.807, 2.05) is 0 Å². The van der Waals surface area contributed by atoms with E-state index in [1.54, 1.807) is 24.1 Å². The van der Waals surface area contributed by atoms with Crippen molar-refractivity contribution in [2.45, 2.75) is 0 Å². The summed E-state index contributed by atoms with van der Waals surface area (Å²) in [5, 5.41) is 8.95. The Morgan fingerprint density at radius 3 is 2.79 bits per heavy atom. The van der Waals surface area contributed by atoms with Gasteiger partial charge in [-0.15, -0.1) is 0 Å². The molecule has 8 heteroatoms. The monoisotopic (exact) mass is 263 g/mol.